The van der Waals surface area contributed by atoms with Crippen molar-refractivity contribution in [3.63, 3.8) is 0 Å². The molecule has 2 rings (SSSR count). The summed E-state index contributed by atoms with van der Waals surface area (Å²) in [7, 11) is 0. The van der Waals surface area contributed by atoms with E-state index in [2.05, 4.69) is 63.9 Å². The first-order valence-electron chi connectivity index (χ1n) is 8.54. The first-order valence-corrected chi connectivity index (χ1v) is 8.54. The van der Waals surface area contributed by atoms with Crippen LogP contribution >= 0.6 is 0 Å². The fraction of sp³-hybridized carbons (Fsp3) is 0.500. The minimum absolute atomic E-state index is 0.645. The van der Waals surface area contributed by atoms with Crippen molar-refractivity contribution in [2.45, 2.75) is 46.6 Å². The fourth-order valence-corrected chi connectivity index (χ4v) is 2.15. The van der Waals surface area contributed by atoms with Crippen molar-refractivity contribution in [2.24, 2.45) is 4.99 Å². The van der Waals surface area contributed by atoms with Gasteiger partial charge in [-0.3, -0.25) is 0 Å². The third-order valence-corrected chi connectivity index (χ3v) is 3.56. The molecule has 6 nitrogen and oxygen atoms in total. The molecule has 0 aliphatic heterocycles. The van der Waals surface area contributed by atoms with Gasteiger partial charge < -0.3 is 15.2 Å². The Kier molecular flexibility index (Phi) is 7.26. The number of hydrogen-bond donors (Lipinski definition) is 2. The lowest BCUT2D eigenvalue weighted by atomic mass is 10.1. The Bertz CT molecular complexity index is 633. The first-order chi connectivity index (χ1) is 11.7. The average Bonchev–Trinajstić information content (AvgIpc) is 2.99. The maximum Gasteiger partial charge on any atom is 0.228 e. The summed E-state index contributed by atoms with van der Waals surface area (Å²) in [5.41, 5.74) is 2.46. The number of rotatable bonds is 8. The van der Waals surface area contributed by atoms with Gasteiger partial charge in [-0.2, -0.15) is 4.98 Å². The second kappa shape index (κ2) is 9.70. The molecule has 0 spiro atoms. The van der Waals surface area contributed by atoms with Crippen LogP contribution in [-0.4, -0.2) is 29.2 Å². The van der Waals surface area contributed by atoms with Crippen molar-refractivity contribution in [2.75, 3.05) is 13.1 Å². The number of nitrogens with one attached hydrogen (secondary N) is 2. The molecule has 0 aliphatic rings. The van der Waals surface area contributed by atoms with Crippen LogP contribution in [0.5, 0.6) is 0 Å². The summed E-state index contributed by atoms with van der Waals surface area (Å²) < 4.78 is 5.12. The Hall–Kier alpha value is -2.37. The van der Waals surface area contributed by atoms with Crippen LogP contribution in [0.25, 0.3) is 0 Å². The summed E-state index contributed by atoms with van der Waals surface area (Å²) >= 11 is 0. The van der Waals surface area contributed by atoms with E-state index in [1.54, 1.807) is 0 Å². The zero-order chi connectivity index (χ0) is 17.2. The predicted octanol–water partition coefficient (Wildman–Crippen LogP) is 2.76. The van der Waals surface area contributed by atoms with Crippen LogP contribution in [-0.2, 0) is 13.0 Å². The Morgan fingerprint density at radius 2 is 1.88 bits per heavy atom. The highest BCUT2D eigenvalue weighted by atomic mass is 16.5. The van der Waals surface area contributed by atoms with Crippen LogP contribution in [0.3, 0.4) is 0 Å². The number of hydrogen-bond acceptors (Lipinski definition) is 4. The van der Waals surface area contributed by atoms with Gasteiger partial charge >= 0.3 is 0 Å². The Morgan fingerprint density at radius 3 is 2.54 bits per heavy atom. The topological polar surface area (TPSA) is 75.3 Å². The van der Waals surface area contributed by atoms with Crippen molar-refractivity contribution < 1.29 is 4.52 Å². The highest BCUT2D eigenvalue weighted by Gasteiger charge is 2.04. The van der Waals surface area contributed by atoms with E-state index in [1.165, 1.54) is 11.1 Å². The smallest absolute Gasteiger partial charge is 0.228 e. The van der Waals surface area contributed by atoms with E-state index in [9.17, 15) is 0 Å². The van der Waals surface area contributed by atoms with E-state index in [4.69, 9.17) is 4.52 Å². The average molecular weight is 329 g/mol. The normalized spacial score (nSPS) is 11.5. The predicted molar refractivity (Wildman–Crippen MR) is 96.0 cm³/mol. The number of guanidine groups is 1. The number of aliphatic imine (C=N–C) groups is 1. The molecule has 0 unspecified atom stereocenters. The zero-order valence-electron chi connectivity index (χ0n) is 14.8. The Morgan fingerprint density at radius 1 is 1.12 bits per heavy atom. The van der Waals surface area contributed by atoms with Gasteiger partial charge in [-0.1, -0.05) is 48.3 Å². The largest absolute Gasteiger partial charge is 0.356 e. The lowest BCUT2D eigenvalue weighted by Crippen LogP contribution is -2.39. The number of aryl methyl sites for hydroxylation is 2. The van der Waals surface area contributed by atoms with Crippen molar-refractivity contribution in [3.8, 4) is 0 Å². The van der Waals surface area contributed by atoms with E-state index in [1.807, 2.05) is 6.92 Å². The second-order valence-corrected chi connectivity index (χ2v) is 5.84. The van der Waals surface area contributed by atoms with Gasteiger partial charge in [-0.05, 0) is 25.8 Å². The molecule has 2 N–H and O–H groups in total. The third kappa shape index (κ3) is 6.40. The molecule has 24 heavy (non-hydrogen) atoms. The Balaban J connectivity index is 1.87. The van der Waals surface area contributed by atoms with Gasteiger partial charge in [0.25, 0.3) is 0 Å². The molecule has 0 bridgehead atoms. The molecular weight excluding hydrogens is 302 g/mol. The summed E-state index contributed by atoms with van der Waals surface area (Å²) in [5.74, 6) is 2.13. The maximum atomic E-state index is 5.12. The number of unbranched alkanes of at least 4 members (excludes halogenated alkanes) is 1. The van der Waals surface area contributed by atoms with Gasteiger partial charge in [0, 0.05) is 19.5 Å². The third-order valence-electron chi connectivity index (χ3n) is 3.56. The van der Waals surface area contributed by atoms with Crippen LogP contribution in [0.4, 0.5) is 0 Å². The molecule has 2 aromatic rings. The highest BCUT2D eigenvalue weighted by molar-refractivity contribution is 5.79. The number of nitrogens with zero attached hydrogens (tertiary/aromatic N) is 3. The fourth-order valence-electron chi connectivity index (χ4n) is 2.15. The molecule has 0 saturated heterocycles. The quantitative estimate of drug-likeness (QED) is 0.442. The molecule has 0 saturated carbocycles. The molecule has 0 atom stereocenters. The molecule has 1 heterocycles. The summed E-state index contributed by atoms with van der Waals surface area (Å²) in [5, 5.41) is 10.5. The molecule has 1 aromatic heterocycles. The standard InChI is InChI=1S/C18H27N5O/c1-4-5-11-19-18(20-12-10-17-22-15(3)23-24-17)21-13-16-8-6-14(2)7-9-16/h6-9H,4-5,10-13H2,1-3H3,(H2,19,20,21). The van der Waals surface area contributed by atoms with Crippen molar-refractivity contribution in [1.29, 1.82) is 0 Å². The van der Waals surface area contributed by atoms with E-state index in [0.29, 0.717) is 31.2 Å². The van der Waals surface area contributed by atoms with Gasteiger partial charge in [-0.15, -0.1) is 0 Å². The molecule has 1 aromatic carbocycles. The van der Waals surface area contributed by atoms with Gasteiger partial charge in [0.15, 0.2) is 11.8 Å². The summed E-state index contributed by atoms with van der Waals surface area (Å²) in [6.45, 7) is 8.35. The van der Waals surface area contributed by atoms with Crippen molar-refractivity contribution >= 4 is 5.96 Å². The summed E-state index contributed by atoms with van der Waals surface area (Å²) in [6.07, 6.45) is 2.95. The number of benzene rings is 1. The zero-order valence-corrected chi connectivity index (χ0v) is 14.8. The molecule has 0 radical (unpaired) electrons. The summed E-state index contributed by atoms with van der Waals surface area (Å²) in [4.78, 5) is 8.87. The van der Waals surface area contributed by atoms with E-state index >= 15 is 0 Å². The van der Waals surface area contributed by atoms with Crippen LogP contribution in [0, 0.1) is 13.8 Å². The molecular formula is C18H27N5O. The monoisotopic (exact) mass is 329 g/mol. The minimum atomic E-state index is 0.645. The van der Waals surface area contributed by atoms with E-state index in [0.717, 1.165) is 25.3 Å². The van der Waals surface area contributed by atoms with Crippen molar-refractivity contribution in [1.82, 2.24) is 20.8 Å². The van der Waals surface area contributed by atoms with Crippen LogP contribution in [0.1, 0.15) is 42.6 Å². The highest BCUT2D eigenvalue weighted by Crippen LogP contribution is 2.04. The molecule has 6 heteroatoms. The van der Waals surface area contributed by atoms with E-state index < -0.39 is 0 Å². The SMILES string of the molecule is CCCCNC(=NCc1ccc(C)cc1)NCCc1nc(C)no1. The van der Waals surface area contributed by atoms with E-state index in [-0.39, 0.29) is 0 Å². The van der Waals surface area contributed by atoms with Gasteiger partial charge in [-0.25, -0.2) is 4.99 Å². The lowest BCUT2D eigenvalue weighted by molar-refractivity contribution is 0.374. The maximum absolute atomic E-state index is 5.12. The van der Waals surface area contributed by atoms with Crippen molar-refractivity contribution in [3.05, 3.63) is 47.1 Å². The van der Waals surface area contributed by atoms with Gasteiger partial charge in [0.1, 0.15) is 0 Å². The lowest BCUT2D eigenvalue weighted by Gasteiger charge is -2.11. The van der Waals surface area contributed by atoms with Crippen LogP contribution in [0.15, 0.2) is 33.8 Å². The van der Waals surface area contributed by atoms with Gasteiger partial charge in [0.05, 0.1) is 6.54 Å². The molecule has 0 aliphatic carbocycles. The molecule has 130 valence electrons. The summed E-state index contributed by atoms with van der Waals surface area (Å²) in [6, 6.07) is 8.45. The number of aromatic nitrogens is 2. The minimum Gasteiger partial charge on any atom is -0.356 e. The van der Waals surface area contributed by atoms with Crippen LogP contribution in [0.2, 0.25) is 0 Å². The first kappa shape index (κ1) is 18.0. The second-order valence-electron chi connectivity index (χ2n) is 5.84. The Labute approximate surface area is 143 Å². The molecule has 0 amide bonds. The van der Waals surface area contributed by atoms with Crippen LogP contribution < -0.4 is 10.6 Å². The molecule has 0 fully saturated rings. The van der Waals surface area contributed by atoms with Gasteiger partial charge in [0.2, 0.25) is 5.89 Å².